The second-order valence-electron chi connectivity index (χ2n) is 2.97. The SMILES string of the molecule is CC(C)C(C)n1cccn1. The predicted octanol–water partition coefficient (Wildman–Crippen LogP) is 2.10. The van der Waals surface area contributed by atoms with Gasteiger partial charge in [-0.25, -0.2) is 0 Å². The van der Waals surface area contributed by atoms with Crippen molar-refractivity contribution < 1.29 is 0 Å². The molecule has 0 aromatic carbocycles. The summed E-state index contributed by atoms with van der Waals surface area (Å²) in [6, 6.07) is 2.47. The third-order valence-electron chi connectivity index (χ3n) is 1.91. The van der Waals surface area contributed by atoms with Crippen LogP contribution in [0.3, 0.4) is 0 Å². The van der Waals surface area contributed by atoms with E-state index in [2.05, 4.69) is 25.9 Å². The molecule has 1 aromatic heterocycles. The first-order chi connectivity index (χ1) is 4.72. The van der Waals surface area contributed by atoms with Crippen molar-refractivity contribution in [3.8, 4) is 0 Å². The van der Waals surface area contributed by atoms with Gasteiger partial charge in [0.1, 0.15) is 0 Å². The first kappa shape index (κ1) is 7.32. The lowest BCUT2D eigenvalue weighted by Gasteiger charge is -2.15. The number of rotatable bonds is 2. The third-order valence-corrected chi connectivity index (χ3v) is 1.91. The van der Waals surface area contributed by atoms with Crippen LogP contribution in [0.5, 0.6) is 0 Å². The summed E-state index contributed by atoms with van der Waals surface area (Å²) >= 11 is 0. The molecule has 0 N–H and O–H groups in total. The van der Waals surface area contributed by atoms with E-state index in [9.17, 15) is 0 Å². The maximum Gasteiger partial charge on any atom is 0.0513 e. The first-order valence-electron chi connectivity index (χ1n) is 3.71. The molecular weight excluding hydrogens is 124 g/mol. The molecule has 0 saturated heterocycles. The van der Waals surface area contributed by atoms with Gasteiger partial charge in [0.25, 0.3) is 0 Å². The van der Waals surface area contributed by atoms with Gasteiger partial charge < -0.3 is 0 Å². The quantitative estimate of drug-likeness (QED) is 0.612. The number of nitrogens with zero attached hydrogens (tertiary/aromatic N) is 2. The molecule has 0 aliphatic rings. The second kappa shape index (κ2) is 2.86. The molecule has 2 heteroatoms. The molecule has 1 atom stereocenters. The van der Waals surface area contributed by atoms with E-state index >= 15 is 0 Å². The summed E-state index contributed by atoms with van der Waals surface area (Å²) in [6.07, 6.45) is 3.82. The molecule has 1 aromatic rings. The van der Waals surface area contributed by atoms with Crippen LogP contribution in [-0.2, 0) is 0 Å². The van der Waals surface area contributed by atoms with Crippen LogP contribution in [0.25, 0.3) is 0 Å². The Morgan fingerprint density at radius 3 is 2.40 bits per heavy atom. The summed E-state index contributed by atoms with van der Waals surface area (Å²) in [5.41, 5.74) is 0. The highest BCUT2D eigenvalue weighted by Gasteiger charge is 2.07. The average molecular weight is 138 g/mol. The highest BCUT2D eigenvalue weighted by atomic mass is 15.3. The third kappa shape index (κ3) is 1.38. The molecule has 0 saturated carbocycles. The van der Waals surface area contributed by atoms with Crippen LogP contribution in [0.2, 0.25) is 0 Å². The minimum Gasteiger partial charge on any atom is -0.270 e. The largest absolute Gasteiger partial charge is 0.270 e. The maximum absolute atomic E-state index is 4.15. The van der Waals surface area contributed by atoms with Crippen LogP contribution >= 0.6 is 0 Å². The van der Waals surface area contributed by atoms with Crippen molar-refractivity contribution in [1.82, 2.24) is 9.78 Å². The van der Waals surface area contributed by atoms with E-state index in [-0.39, 0.29) is 0 Å². The van der Waals surface area contributed by atoms with Crippen molar-refractivity contribution >= 4 is 0 Å². The Kier molecular flexibility index (Phi) is 2.10. The van der Waals surface area contributed by atoms with E-state index in [0.717, 1.165) is 0 Å². The molecule has 56 valence electrons. The fourth-order valence-electron chi connectivity index (χ4n) is 0.827. The monoisotopic (exact) mass is 138 g/mol. The van der Waals surface area contributed by atoms with Crippen LogP contribution in [0.1, 0.15) is 26.8 Å². The van der Waals surface area contributed by atoms with Crippen molar-refractivity contribution in [2.45, 2.75) is 26.8 Å². The van der Waals surface area contributed by atoms with Gasteiger partial charge >= 0.3 is 0 Å². The lowest BCUT2D eigenvalue weighted by atomic mass is 10.1. The Morgan fingerprint density at radius 1 is 1.30 bits per heavy atom. The Hall–Kier alpha value is -0.790. The Bertz CT molecular complexity index is 177. The van der Waals surface area contributed by atoms with Gasteiger partial charge in [0.15, 0.2) is 0 Å². The molecule has 0 spiro atoms. The van der Waals surface area contributed by atoms with E-state index in [1.807, 2.05) is 23.1 Å². The van der Waals surface area contributed by atoms with Crippen molar-refractivity contribution in [3.05, 3.63) is 18.5 Å². The molecule has 2 nitrogen and oxygen atoms in total. The molecule has 0 radical (unpaired) electrons. The van der Waals surface area contributed by atoms with Crippen molar-refractivity contribution in [3.63, 3.8) is 0 Å². The maximum atomic E-state index is 4.15. The minimum atomic E-state index is 0.509. The van der Waals surface area contributed by atoms with E-state index in [4.69, 9.17) is 0 Å². The minimum absolute atomic E-state index is 0.509. The summed E-state index contributed by atoms with van der Waals surface area (Å²) in [5, 5.41) is 4.15. The predicted molar refractivity (Wildman–Crippen MR) is 41.8 cm³/mol. The summed E-state index contributed by atoms with van der Waals surface area (Å²) in [4.78, 5) is 0. The van der Waals surface area contributed by atoms with Gasteiger partial charge in [-0.1, -0.05) is 13.8 Å². The first-order valence-corrected chi connectivity index (χ1v) is 3.71. The van der Waals surface area contributed by atoms with E-state index < -0.39 is 0 Å². The average Bonchev–Trinajstić information content (AvgIpc) is 2.36. The lowest BCUT2D eigenvalue weighted by Crippen LogP contribution is -2.11. The van der Waals surface area contributed by atoms with Crippen molar-refractivity contribution in [2.24, 2.45) is 5.92 Å². The zero-order valence-corrected chi connectivity index (χ0v) is 6.78. The van der Waals surface area contributed by atoms with Crippen LogP contribution in [0, 0.1) is 5.92 Å². The highest BCUT2D eigenvalue weighted by molar-refractivity contribution is 4.81. The normalized spacial score (nSPS) is 14.0. The fourth-order valence-corrected chi connectivity index (χ4v) is 0.827. The summed E-state index contributed by atoms with van der Waals surface area (Å²) in [6.45, 7) is 6.58. The van der Waals surface area contributed by atoms with Crippen LogP contribution in [0.4, 0.5) is 0 Å². The summed E-state index contributed by atoms with van der Waals surface area (Å²) < 4.78 is 1.99. The molecule has 0 amide bonds. The summed E-state index contributed by atoms with van der Waals surface area (Å²) in [7, 11) is 0. The molecule has 1 rings (SSSR count). The van der Waals surface area contributed by atoms with Crippen LogP contribution < -0.4 is 0 Å². The van der Waals surface area contributed by atoms with Gasteiger partial charge in [-0.15, -0.1) is 0 Å². The summed E-state index contributed by atoms with van der Waals surface area (Å²) in [5.74, 6) is 0.653. The Morgan fingerprint density at radius 2 is 2.00 bits per heavy atom. The van der Waals surface area contributed by atoms with Crippen LogP contribution in [-0.4, -0.2) is 9.78 Å². The van der Waals surface area contributed by atoms with Gasteiger partial charge in [0.05, 0.1) is 6.04 Å². The van der Waals surface area contributed by atoms with E-state index in [0.29, 0.717) is 12.0 Å². The van der Waals surface area contributed by atoms with Gasteiger partial charge in [0.2, 0.25) is 0 Å². The standard InChI is InChI=1S/C8H14N2/c1-7(2)8(3)10-6-4-5-9-10/h4-8H,1-3H3. The fraction of sp³-hybridized carbons (Fsp3) is 0.625. The van der Waals surface area contributed by atoms with Crippen molar-refractivity contribution in [2.75, 3.05) is 0 Å². The molecule has 1 heterocycles. The topological polar surface area (TPSA) is 17.8 Å². The van der Waals surface area contributed by atoms with Gasteiger partial charge in [-0.3, -0.25) is 4.68 Å². The number of aromatic nitrogens is 2. The second-order valence-corrected chi connectivity index (χ2v) is 2.97. The smallest absolute Gasteiger partial charge is 0.0513 e. The Labute approximate surface area is 61.9 Å². The Balaban J connectivity index is 2.68. The molecule has 0 aliphatic heterocycles. The van der Waals surface area contributed by atoms with Gasteiger partial charge in [-0.05, 0) is 18.9 Å². The highest BCUT2D eigenvalue weighted by Crippen LogP contribution is 2.13. The molecule has 10 heavy (non-hydrogen) atoms. The van der Waals surface area contributed by atoms with Crippen LogP contribution in [0.15, 0.2) is 18.5 Å². The molecule has 1 unspecified atom stereocenters. The van der Waals surface area contributed by atoms with Crippen molar-refractivity contribution in [1.29, 1.82) is 0 Å². The van der Waals surface area contributed by atoms with E-state index in [1.165, 1.54) is 0 Å². The zero-order chi connectivity index (χ0) is 7.56. The molecule has 0 aliphatic carbocycles. The number of hydrogen-bond donors (Lipinski definition) is 0. The molecular formula is C8H14N2. The molecule has 0 fully saturated rings. The van der Waals surface area contributed by atoms with E-state index in [1.54, 1.807) is 0 Å². The van der Waals surface area contributed by atoms with Gasteiger partial charge in [0, 0.05) is 12.4 Å². The lowest BCUT2D eigenvalue weighted by molar-refractivity contribution is 0.375. The number of hydrogen-bond acceptors (Lipinski definition) is 1. The molecule has 0 bridgehead atoms. The van der Waals surface area contributed by atoms with Gasteiger partial charge in [-0.2, -0.15) is 5.10 Å². The zero-order valence-electron chi connectivity index (χ0n) is 6.78.